The molecule has 1 saturated carbocycles. The molecule has 0 spiro atoms. The highest BCUT2D eigenvalue weighted by atomic mass is 32.2. The molecule has 134 valence electrons. The topological polar surface area (TPSA) is 63.7 Å². The van der Waals surface area contributed by atoms with Crippen LogP contribution in [-0.4, -0.2) is 48.8 Å². The number of methoxy groups -OCH3 is 1. The van der Waals surface area contributed by atoms with Crippen molar-refractivity contribution in [3.63, 3.8) is 0 Å². The van der Waals surface area contributed by atoms with Gasteiger partial charge in [0.15, 0.2) is 0 Å². The van der Waals surface area contributed by atoms with Crippen LogP contribution in [0.15, 0.2) is 0 Å². The average Bonchev–Trinajstić information content (AvgIpc) is 2.89. The number of nitrogens with zero attached hydrogens (tertiary/aromatic N) is 1. The third-order valence-corrected chi connectivity index (χ3v) is 3.98. The second kappa shape index (κ2) is 12.4. The maximum atomic E-state index is 11.5. The van der Waals surface area contributed by atoms with Crippen LogP contribution in [0.2, 0.25) is 0 Å². The molecule has 6 heteroatoms. The summed E-state index contributed by atoms with van der Waals surface area (Å²) in [4.78, 5) is 35.8. The van der Waals surface area contributed by atoms with Crippen LogP contribution in [0.1, 0.15) is 52.4 Å². The van der Waals surface area contributed by atoms with Gasteiger partial charge in [-0.25, -0.2) is 0 Å². The molecule has 2 fully saturated rings. The fraction of sp³-hybridized carbons (Fsp3) is 0.824. The minimum atomic E-state index is -0.137. The van der Waals surface area contributed by atoms with Gasteiger partial charge in [0, 0.05) is 19.4 Å². The van der Waals surface area contributed by atoms with Crippen LogP contribution in [0.4, 0.5) is 0 Å². The van der Waals surface area contributed by atoms with Gasteiger partial charge < -0.3 is 4.74 Å². The highest BCUT2D eigenvalue weighted by Gasteiger charge is 2.33. The Balaban J connectivity index is 0.000000868. The Morgan fingerprint density at radius 3 is 1.91 bits per heavy atom. The number of imide groups is 1. The molecular weight excluding hydrogens is 314 g/mol. The van der Waals surface area contributed by atoms with Gasteiger partial charge in [0.05, 0.1) is 13.0 Å². The molecule has 1 aliphatic carbocycles. The molecule has 2 aliphatic rings. The summed E-state index contributed by atoms with van der Waals surface area (Å²) in [6.45, 7) is 4.53. The SMILES string of the molecule is CC.COC(=O)C1CCC(CN2C(=O)CCC2=O)CC1.CSC. The van der Waals surface area contributed by atoms with Gasteiger partial charge in [0.25, 0.3) is 0 Å². The Bertz CT molecular complexity index is 363. The predicted molar refractivity (Wildman–Crippen MR) is 94.2 cm³/mol. The predicted octanol–water partition coefficient (Wildman–Crippen LogP) is 3.12. The summed E-state index contributed by atoms with van der Waals surface area (Å²) in [5.74, 6) is 0.111. The lowest BCUT2D eigenvalue weighted by Crippen LogP contribution is -2.36. The van der Waals surface area contributed by atoms with Crippen molar-refractivity contribution in [2.24, 2.45) is 11.8 Å². The molecule has 1 saturated heterocycles. The van der Waals surface area contributed by atoms with E-state index in [2.05, 4.69) is 0 Å². The van der Waals surface area contributed by atoms with E-state index in [9.17, 15) is 14.4 Å². The number of hydrogen-bond acceptors (Lipinski definition) is 5. The van der Waals surface area contributed by atoms with Crippen molar-refractivity contribution in [1.82, 2.24) is 4.90 Å². The number of amides is 2. The summed E-state index contributed by atoms with van der Waals surface area (Å²) in [6, 6.07) is 0. The van der Waals surface area contributed by atoms with Crippen molar-refractivity contribution in [3.8, 4) is 0 Å². The van der Waals surface area contributed by atoms with Crippen molar-refractivity contribution in [1.29, 1.82) is 0 Å². The molecule has 1 aliphatic heterocycles. The standard InChI is InChI=1S/C13H19NO4.C2H6S.C2H6/c1-18-13(17)10-4-2-9(3-5-10)8-14-11(15)6-7-12(14)16;1-3-2;1-2/h9-10H,2-8H2,1H3;1-2H3;1-2H3. The zero-order valence-corrected chi connectivity index (χ0v) is 15.9. The van der Waals surface area contributed by atoms with E-state index >= 15 is 0 Å². The maximum absolute atomic E-state index is 11.5. The molecule has 5 nitrogen and oxygen atoms in total. The highest BCUT2D eigenvalue weighted by molar-refractivity contribution is 7.97. The van der Waals surface area contributed by atoms with E-state index in [1.54, 1.807) is 11.8 Å². The molecule has 0 atom stereocenters. The first-order chi connectivity index (χ1) is 11.0. The summed E-state index contributed by atoms with van der Waals surface area (Å²) in [5, 5.41) is 0. The molecule has 2 amide bonds. The molecule has 1 heterocycles. The Hall–Kier alpha value is -1.04. The fourth-order valence-electron chi connectivity index (χ4n) is 2.83. The quantitative estimate of drug-likeness (QED) is 0.581. The van der Waals surface area contributed by atoms with Gasteiger partial charge in [-0.1, -0.05) is 13.8 Å². The van der Waals surface area contributed by atoms with Crippen molar-refractivity contribution < 1.29 is 19.1 Å². The molecule has 0 aromatic carbocycles. The minimum absolute atomic E-state index is 0.00349. The first-order valence-electron chi connectivity index (χ1n) is 8.34. The van der Waals surface area contributed by atoms with E-state index in [0.717, 1.165) is 25.7 Å². The lowest BCUT2D eigenvalue weighted by molar-refractivity contribution is -0.147. The average molecular weight is 346 g/mol. The Labute approximate surface area is 144 Å². The van der Waals surface area contributed by atoms with Crippen LogP contribution in [0, 0.1) is 11.8 Å². The van der Waals surface area contributed by atoms with E-state index in [0.29, 0.717) is 25.3 Å². The normalized spacial score (nSPS) is 23.4. The van der Waals surface area contributed by atoms with Gasteiger partial charge in [-0.05, 0) is 44.1 Å². The third-order valence-electron chi connectivity index (χ3n) is 3.98. The summed E-state index contributed by atoms with van der Waals surface area (Å²) >= 11 is 1.75. The Morgan fingerprint density at radius 2 is 1.52 bits per heavy atom. The number of rotatable bonds is 3. The van der Waals surface area contributed by atoms with E-state index in [1.807, 2.05) is 26.4 Å². The summed E-state index contributed by atoms with van der Waals surface area (Å²) in [7, 11) is 1.41. The summed E-state index contributed by atoms with van der Waals surface area (Å²) < 4.78 is 4.73. The lowest BCUT2D eigenvalue weighted by atomic mass is 9.82. The maximum Gasteiger partial charge on any atom is 0.308 e. The van der Waals surface area contributed by atoms with Crippen LogP contribution in [0.25, 0.3) is 0 Å². The van der Waals surface area contributed by atoms with Gasteiger partial charge in [-0.2, -0.15) is 11.8 Å². The monoisotopic (exact) mass is 345 g/mol. The van der Waals surface area contributed by atoms with E-state index in [4.69, 9.17) is 4.74 Å². The zero-order chi connectivity index (χ0) is 17.8. The third kappa shape index (κ3) is 7.38. The van der Waals surface area contributed by atoms with E-state index < -0.39 is 0 Å². The molecule has 0 aromatic heterocycles. The first-order valence-corrected chi connectivity index (χ1v) is 9.97. The van der Waals surface area contributed by atoms with E-state index in [-0.39, 0.29) is 23.7 Å². The van der Waals surface area contributed by atoms with Crippen molar-refractivity contribution in [3.05, 3.63) is 0 Å². The minimum Gasteiger partial charge on any atom is -0.469 e. The largest absolute Gasteiger partial charge is 0.469 e. The Kier molecular flexibility index (Phi) is 11.8. The van der Waals surface area contributed by atoms with Crippen LogP contribution >= 0.6 is 11.8 Å². The summed E-state index contributed by atoms with van der Waals surface area (Å²) in [5.41, 5.74) is 0. The van der Waals surface area contributed by atoms with Crippen LogP contribution in [0.3, 0.4) is 0 Å². The van der Waals surface area contributed by atoms with E-state index in [1.165, 1.54) is 12.0 Å². The van der Waals surface area contributed by atoms with Gasteiger partial charge in [-0.15, -0.1) is 0 Å². The highest BCUT2D eigenvalue weighted by Crippen LogP contribution is 2.31. The number of hydrogen-bond donors (Lipinski definition) is 0. The molecule has 23 heavy (non-hydrogen) atoms. The van der Waals surface area contributed by atoms with Crippen LogP contribution in [-0.2, 0) is 19.1 Å². The van der Waals surface area contributed by atoms with Crippen molar-refractivity contribution in [2.45, 2.75) is 52.4 Å². The van der Waals surface area contributed by atoms with Gasteiger partial charge in [-0.3, -0.25) is 19.3 Å². The van der Waals surface area contributed by atoms with Crippen LogP contribution in [0.5, 0.6) is 0 Å². The molecular formula is C17H31NO4S. The van der Waals surface area contributed by atoms with Gasteiger partial charge in [0.1, 0.15) is 0 Å². The number of carbonyl (C=O) groups excluding carboxylic acids is 3. The number of carbonyl (C=O) groups is 3. The van der Waals surface area contributed by atoms with Crippen molar-refractivity contribution >= 4 is 29.5 Å². The molecule has 0 aromatic rings. The molecule has 2 rings (SSSR count). The number of esters is 1. The lowest BCUT2D eigenvalue weighted by Gasteiger charge is -2.29. The smallest absolute Gasteiger partial charge is 0.308 e. The van der Waals surface area contributed by atoms with Crippen LogP contribution < -0.4 is 0 Å². The van der Waals surface area contributed by atoms with Crippen molar-refractivity contribution in [2.75, 3.05) is 26.2 Å². The second-order valence-corrected chi connectivity index (χ2v) is 6.36. The number of likely N-dealkylation sites (tertiary alicyclic amines) is 1. The Morgan fingerprint density at radius 1 is 1.09 bits per heavy atom. The summed E-state index contributed by atoms with van der Waals surface area (Å²) in [6.07, 6.45) is 8.17. The molecule has 0 unspecified atom stereocenters. The molecule has 0 bridgehead atoms. The number of ether oxygens (including phenoxy) is 1. The van der Waals surface area contributed by atoms with Gasteiger partial charge in [0.2, 0.25) is 11.8 Å². The second-order valence-electron chi connectivity index (χ2n) is 5.55. The zero-order valence-electron chi connectivity index (χ0n) is 15.1. The molecule has 0 N–H and O–H groups in total. The van der Waals surface area contributed by atoms with Gasteiger partial charge >= 0.3 is 5.97 Å². The molecule has 0 radical (unpaired) electrons. The number of thioether (sulfide) groups is 1. The fourth-order valence-corrected chi connectivity index (χ4v) is 2.83. The first kappa shape index (κ1) is 22.0.